The van der Waals surface area contributed by atoms with Gasteiger partial charge >= 0.3 is 5.97 Å². The molecule has 0 bridgehead atoms. The van der Waals surface area contributed by atoms with Crippen molar-refractivity contribution in [2.45, 2.75) is 13.5 Å². The third-order valence-corrected chi connectivity index (χ3v) is 3.55. The maximum Gasteiger partial charge on any atom is 0.342 e. The second kappa shape index (κ2) is 7.20. The van der Waals surface area contributed by atoms with Crippen LogP contribution in [0.3, 0.4) is 0 Å². The van der Waals surface area contributed by atoms with Gasteiger partial charge in [-0.15, -0.1) is 0 Å². The fraction of sp³-hybridized carbons (Fsp3) is 0.176. The molecule has 0 atom stereocenters. The average molecular weight is 357 g/mol. The average Bonchev–Trinajstić information content (AvgIpc) is 3.22. The van der Waals surface area contributed by atoms with Crippen molar-refractivity contribution in [3.05, 3.63) is 58.7 Å². The molecular formula is C17H13ClN4O3. The van der Waals surface area contributed by atoms with Gasteiger partial charge in [-0.3, -0.25) is 4.68 Å². The van der Waals surface area contributed by atoms with Crippen molar-refractivity contribution in [1.29, 1.82) is 5.26 Å². The predicted molar refractivity (Wildman–Crippen MR) is 88.9 cm³/mol. The molecule has 1 aromatic carbocycles. The molecule has 3 aromatic rings. The van der Waals surface area contributed by atoms with Crippen LogP contribution in [0.1, 0.15) is 28.7 Å². The number of nitrogens with zero attached hydrogens (tertiary/aromatic N) is 4. The lowest BCUT2D eigenvalue weighted by Gasteiger charge is -1.98. The summed E-state index contributed by atoms with van der Waals surface area (Å²) in [5, 5.41) is 13.8. The van der Waals surface area contributed by atoms with Crippen LogP contribution in [0.25, 0.3) is 11.5 Å². The van der Waals surface area contributed by atoms with Crippen molar-refractivity contribution in [3.8, 4) is 17.5 Å². The van der Waals surface area contributed by atoms with Crippen LogP contribution >= 0.6 is 11.6 Å². The van der Waals surface area contributed by atoms with E-state index in [9.17, 15) is 4.79 Å². The molecule has 0 saturated heterocycles. The molecule has 0 aliphatic heterocycles. The summed E-state index contributed by atoms with van der Waals surface area (Å²) in [6.07, 6.45) is 2.96. The minimum Gasteiger partial charge on any atom is -0.462 e. The zero-order valence-corrected chi connectivity index (χ0v) is 14.0. The zero-order chi connectivity index (χ0) is 17.8. The summed E-state index contributed by atoms with van der Waals surface area (Å²) >= 11 is 5.96. The van der Waals surface area contributed by atoms with Crippen molar-refractivity contribution in [2.75, 3.05) is 6.61 Å². The van der Waals surface area contributed by atoms with Crippen LogP contribution in [0.4, 0.5) is 0 Å². The molecule has 0 aliphatic carbocycles. The molecule has 0 spiro atoms. The number of oxazole rings is 1. The summed E-state index contributed by atoms with van der Waals surface area (Å²) in [5.74, 6) is -0.152. The van der Waals surface area contributed by atoms with Gasteiger partial charge in [0.05, 0.1) is 13.2 Å². The Morgan fingerprint density at radius 2 is 2.32 bits per heavy atom. The van der Waals surface area contributed by atoms with Crippen LogP contribution in [0.5, 0.6) is 0 Å². The summed E-state index contributed by atoms with van der Waals surface area (Å²) < 4.78 is 11.8. The Morgan fingerprint density at radius 3 is 3.04 bits per heavy atom. The van der Waals surface area contributed by atoms with Crippen LogP contribution in [-0.2, 0) is 11.3 Å². The number of hydrogen-bond donors (Lipinski definition) is 0. The normalized spacial score (nSPS) is 10.4. The van der Waals surface area contributed by atoms with Crippen LogP contribution < -0.4 is 0 Å². The minimum atomic E-state index is -0.579. The number of halogens is 1. The maximum absolute atomic E-state index is 11.8. The molecular weight excluding hydrogens is 344 g/mol. The number of nitriles is 1. The van der Waals surface area contributed by atoms with E-state index >= 15 is 0 Å². The van der Waals surface area contributed by atoms with E-state index < -0.39 is 5.97 Å². The van der Waals surface area contributed by atoms with E-state index in [0.717, 1.165) is 5.56 Å². The van der Waals surface area contributed by atoms with E-state index in [4.69, 9.17) is 26.0 Å². The van der Waals surface area contributed by atoms with Gasteiger partial charge in [-0.2, -0.15) is 10.4 Å². The smallest absolute Gasteiger partial charge is 0.342 e. The second-order valence-corrected chi connectivity index (χ2v) is 5.51. The molecule has 0 radical (unpaired) electrons. The van der Waals surface area contributed by atoms with Gasteiger partial charge in [0.15, 0.2) is 5.69 Å². The molecule has 2 aromatic heterocycles. The summed E-state index contributed by atoms with van der Waals surface area (Å²) in [5.41, 5.74) is 1.49. The Morgan fingerprint density at radius 1 is 1.48 bits per heavy atom. The van der Waals surface area contributed by atoms with Gasteiger partial charge in [0, 0.05) is 16.8 Å². The first kappa shape index (κ1) is 16.7. The third kappa shape index (κ3) is 3.70. The molecule has 126 valence electrons. The van der Waals surface area contributed by atoms with E-state index in [2.05, 4.69) is 10.1 Å². The topological polar surface area (TPSA) is 93.9 Å². The van der Waals surface area contributed by atoms with Gasteiger partial charge in [-0.05, 0) is 25.1 Å². The first-order valence-corrected chi connectivity index (χ1v) is 7.83. The SMILES string of the molecule is CCOC(=O)c1cn(Cc2coc(-c3cccc(Cl)c3)n2)nc1C#N. The first-order chi connectivity index (χ1) is 12.1. The number of carbonyl (C=O) groups excluding carboxylic acids is 1. The molecule has 7 nitrogen and oxygen atoms in total. The summed E-state index contributed by atoms with van der Waals surface area (Å²) in [4.78, 5) is 16.2. The number of aromatic nitrogens is 3. The zero-order valence-electron chi connectivity index (χ0n) is 13.3. The van der Waals surface area contributed by atoms with E-state index in [1.807, 2.05) is 12.1 Å². The molecule has 2 heterocycles. The van der Waals surface area contributed by atoms with Crippen molar-refractivity contribution in [2.24, 2.45) is 0 Å². The largest absolute Gasteiger partial charge is 0.462 e. The maximum atomic E-state index is 11.8. The fourth-order valence-electron chi connectivity index (χ4n) is 2.24. The second-order valence-electron chi connectivity index (χ2n) is 5.08. The number of ether oxygens (including phenoxy) is 1. The Bertz CT molecular complexity index is 955. The van der Waals surface area contributed by atoms with Crippen molar-refractivity contribution in [3.63, 3.8) is 0 Å². The van der Waals surface area contributed by atoms with Crippen LogP contribution in [0.15, 0.2) is 41.1 Å². The summed E-state index contributed by atoms with van der Waals surface area (Å²) in [6.45, 7) is 2.17. The van der Waals surface area contributed by atoms with Gasteiger partial charge in [-0.25, -0.2) is 9.78 Å². The highest BCUT2D eigenvalue weighted by atomic mass is 35.5. The van der Waals surface area contributed by atoms with Gasteiger partial charge < -0.3 is 9.15 Å². The van der Waals surface area contributed by atoms with E-state index in [0.29, 0.717) is 16.6 Å². The van der Waals surface area contributed by atoms with Gasteiger partial charge in [-0.1, -0.05) is 17.7 Å². The number of benzene rings is 1. The Hall–Kier alpha value is -3.11. The quantitative estimate of drug-likeness (QED) is 0.651. The van der Waals surface area contributed by atoms with Crippen LogP contribution in [-0.4, -0.2) is 27.3 Å². The lowest BCUT2D eigenvalue weighted by atomic mass is 10.2. The fourth-order valence-corrected chi connectivity index (χ4v) is 2.43. The molecule has 8 heteroatoms. The van der Waals surface area contributed by atoms with Gasteiger partial charge in [0.1, 0.15) is 23.6 Å². The highest BCUT2D eigenvalue weighted by Crippen LogP contribution is 2.22. The highest BCUT2D eigenvalue weighted by Gasteiger charge is 2.18. The van der Waals surface area contributed by atoms with Gasteiger partial charge in [0.25, 0.3) is 0 Å². The molecule has 0 saturated carbocycles. The van der Waals surface area contributed by atoms with Crippen LogP contribution in [0, 0.1) is 11.3 Å². The third-order valence-electron chi connectivity index (χ3n) is 3.31. The molecule has 0 fully saturated rings. The van der Waals surface area contributed by atoms with E-state index in [-0.39, 0.29) is 24.4 Å². The molecule has 0 aliphatic rings. The van der Waals surface area contributed by atoms with E-state index in [1.165, 1.54) is 17.1 Å². The minimum absolute atomic E-state index is 0.0111. The summed E-state index contributed by atoms with van der Waals surface area (Å²) in [7, 11) is 0. The number of esters is 1. The van der Waals surface area contributed by atoms with Crippen LogP contribution in [0.2, 0.25) is 5.02 Å². The predicted octanol–water partition coefficient (Wildman–Crippen LogP) is 3.29. The molecule has 25 heavy (non-hydrogen) atoms. The molecule has 3 rings (SSSR count). The number of rotatable bonds is 5. The van der Waals surface area contributed by atoms with Crippen molar-refractivity contribution < 1.29 is 13.9 Å². The lowest BCUT2D eigenvalue weighted by molar-refractivity contribution is 0.0526. The summed E-state index contributed by atoms with van der Waals surface area (Å²) in [6, 6.07) is 9.04. The Labute approximate surface area is 148 Å². The molecule has 0 amide bonds. The van der Waals surface area contributed by atoms with E-state index in [1.54, 1.807) is 25.1 Å². The molecule has 0 unspecified atom stereocenters. The monoisotopic (exact) mass is 356 g/mol. The van der Waals surface area contributed by atoms with Crippen molar-refractivity contribution >= 4 is 17.6 Å². The first-order valence-electron chi connectivity index (χ1n) is 7.45. The number of carbonyl (C=O) groups is 1. The Kier molecular flexibility index (Phi) is 4.82. The standard InChI is InChI=1S/C17H13ClN4O3/c1-2-24-17(23)14-9-22(21-15(14)7-19)8-13-10-25-16(20-13)11-4-3-5-12(18)6-11/h3-6,9-10H,2,8H2,1H3. The lowest BCUT2D eigenvalue weighted by Crippen LogP contribution is -2.05. The van der Waals surface area contributed by atoms with Crippen molar-refractivity contribution in [1.82, 2.24) is 14.8 Å². The molecule has 0 N–H and O–H groups in total. The number of hydrogen-bond acceptors (Lipinski definition) is 6. The Balaban J connectivity index is 1.82. The van der Waals surface area contributed by atoms with Gasteiger partial charge in [0.2, 0.25) is 5.89 Å². The highest BCUT2D eigenvalue weighted by molar-refractivity contribution is 6.30.